The number of fused-ring (bicyclic) bond motifs is 1. The van der Waals surface area contributed by atoms with Crippen molar-refractivity contribution in [2.24, 2.45) is 0 Å². The van der Waals surface area contributed by atoms with Crippen LogP contribution in [0.4, 0.5) is 9.18 Å². The van der Waals surface area contributed by atoms with Crippen molar-refractivity contribution >= 4 is 11.9 Å². The number of ether oxygens (including phenoxy) is 3. The molecule has 0 N–H and O–H groups in total. The average Bonchev–Trinajstić information content (AvgIpc) is 2.47. The number of carbonyl (C=O) groups is 1. The molecule has 2 rings (SSSR count). The zero-order valence-electron chi connectivity index (χ0n) is 11.1. The summed E-state index contributed by atoms with van der Waals surface area (Å²) >= 11 is 0. The highest BCUT2D eigenvalue weighted by Crippen LogP contribution is 2.35. The number of carbonyl (C=O) groups excluding carboxylic acids is 1. The minimum Gasteiger partial charge on any atom is -0.497 e. The maximum Gasteiger partial charge on any atom is 0.514 e. The molecule has 0 unspecified atom stereocenters. The molecule has 1 aromatic rings. The largest absolute Gasteiger partial charge is 0.514 e. The summed E-state index contributed by atoms with van der Waals surface area (Å²) in [5, 5.41) is 0. The minimum absolute atomic E-state index is 0.0126. The van der Waals surface area contributed by atoms with Gasteiger partial charge in [0.1, 0.15) is 18.2 Å². The SMILES string of the molecule is C=CCOC(=O)OC1=C(F)CCc2ccc(OC)cc21. The Kier molecular flexibility index (Phi) is 4.40. The zero-order valence-corrected chi connectivity index (χ0v) is 11.1. The van der Waals surface area contributed by atoms with Crippen LogP contribution in [0.3, 0.4) is 0 Å². The van der Waals surface area contributed by atoms with Crippen molar-refractivity contribution in [1.82, 2.24) is 0 Å². The second kappa shape index (κ2) is 6.23. The lowest BCUT2D eigenvalue weighted by molar-refractivity contribution is 0.0990. The predicted octanol–water partition coefficient (Wildman–Crippen LogP) is 3.62. The van der Waals surface area contributed by atoms with Crippen LogP contribution in [0.5, 0.6) is 5.75 Å². The van der Waals surface area contributed by atoms with E-state index in [2.05, 4.69) is 6.58 Å². The number of methoxy groups -OCH3 is 1. The molecule has 0 saturated carbocycles. The molecule has 0 bridgehead atoms. The number of allylic oxidation sites excluding steroid dienone is 1. The van der Waals surface area contributed by atoms with Crippen molar-refractivity contribution < 1.29 is 23.4 Å². The highest BCUT2D eigenvalue weighted by Gasteiger charge is 2.24. The second-order valence-electron chi connectivity index (χ2n) is 4.21. The molecule has 4 nitrogen and oxygen atoms in total. The van der Waals surface area contributed by atoms with Crippen LogP contribution in [0.15, 0.2) is 36.7 Å². The lowest BCUT2D eigenvalue weighted by Gasteiger charge is -2.19. The Labute approximate surface area is 116 Å². The Bertz CT molecular complexity index is 563. The maximum absolute atomic E-state index is 13.9. The van der Waals surface area contributed by atoms with Crippen LogP contribution < -0.4 is 4.74 Å². The molecular weight excluding hydrogens is 263 g/mol. The van der Waals surface area contributed by atoms with Gasteiger partial charge < -0.3 is 14.2 Å². The summed E-state index contributed by atoms with van der Waals surface area (Å²) in [4.78, 5) is 11.5. The van der Waals surface area contributed by atoms with E-state index in [0.717, 1.165) is 5.56 Å². The number of benzene rings is 1. The molecule has 20 heavy (non-hydrogen) atoms. The van der Waals surface area contributed by atoms with Gasteiger partial charge >= 0.3 is 6.16 Å². The van der Waals surface area contributed by atoms with Crippen LogP contribution in [0.2, 0.25) is 0 Å². The van der Waals surface area contributed by atoms with E-state index in [9.17, 15) is 9.18 Å². The Morgan fingerprint density at radius 3 is 2.95 bits per heavy atom. The van der Waals surface area contributed by atoms with E-state index in [1.165, 1.54) is 13.2 Å². The molecule has 0 atom stereocenters. The third kappa shape index (κ3) is 2.99. The summed E-state index contributed by atoms with van der Waals surface area (Å²) in [5.41, 5.74) is 1.42. The van der Waals surface area contributed by atoms with Crippen LogP contribution in [-0.2, 0) is 15.9 Å². The monoisotopic (exact) mass is 278 g/mol. The van der Waals surface area contributed by atoms with Crippen molar-refractivity contribution in [3.8, 4) is 5.75 Å². The molecule has 5 heteroatoms. The number of halogens is 1. The van der Waals surface area contributed by atoms with E-state index >= 15 is 0 Å². The molecule has 0 spiro atoms. The fourth-order valence-corrected chi connectivity index (χ4v) is 1.97. The molecule has 0 saturated heterocycles. The third-order valence-electron chi connectivity index (χ3n) is 2.93. The van der Waals surface area contributed by atoms with Crippen molar-refractivity contribution in [2.75, 3.05) is 13.7 Å². The van der Waals surface area contributed by atoms with Crippen molar-refractivity contribution in [3.63, 3.8) is 0 Å². The van der Waals surface area contributed by atoms with Crippen LogP contribution >= 0.6 is 0 Å². The van der Waals surface area contributed by atoms with E-state index in [1.54, 1.807) is 12.1 Å². The molecule has 1 aromatic carbocycles. The molecule has 0 aromatic heterocycles. The van der Waals surface area contributed by atoms with Gasteiger partial charge in [0.15, 0.2) is 5.76 Å². The fourth-order valence-electron chi connectivity index (χ4n) is 1.97. The minimum atomic E-state index is -0.953. The van der Waals surface area contributed by atoms with E-state index < -0.39 is 12.0 Å². The van der Waals surface area contributed by atoms with Gasteiger partial charge in [0.25, 0.3) is 0 Å². The normalized spacial score (nSPS) is 13.5. The number of hydrogen-bond acceptors (Lipinski definition) is 4. The molecule has 106 valence electrons. The number of hydrogen-bond donors (Lipinski definition) is 0. The molecule has 0 heterocycles. The smallest absolute Gasteiger partial charge is 0.497 e. The molecule has 1 aliphatic rings. The van der Waals surface area contributed by atoms with Gasteiger partial charge in [-0.05, 0) is 24.1 Å². The summed E-state index contributed by atoms with van der Waals surface area (Å²) in [5.74, 6) is -0.000438. The lowest BCUT2D eigenvalue weighted by Crippen LogP contribution is -2.12. The maximum atomic E-state index is 13.9. The lowest BCUT2D eigenvalue weighted by atomic mass is 9.95. The van der Waals surface area contributed by atoms with Gasteiger partial charge in [0.2, 0.25) is 0 Å². The molecule has 0 amide bonds. The zero-order chi connectivity index (χ0) is 14.5. The molecular formula is C15H15FO4. The third-order valence-corrected chi connectivity index (χ3v) is 2.93. The van der Waals surface area contributed by atoms with E-state index in [0.29, 0.717) is 17.7 Å². The highest BCUT2D eigenvalue weighted by molar-refractivity contribution is 5.76. The van der Waals surface area contributed by atoms with Gasteiger partial charge in [-0.3, -0.25) is 0 Å². The van der Waals surface area contributed by atoms with Gasteiger partial charge in [-0.2, -0.15) is 0 Å². The second-order valence-corrected chi connectivity index (χ2v) is 4.21. The first-order valence-electron chi connectivity index (χ1n) is 6.17. The summed E-state index contributed by atoms with van der Waals surface area (Å²) in [6, 6.07) is 5.26. The van der Waals surface area contributed by atoms with Crippen LogP contribution in [0, 0.1) is 0 Å². The number of aryl methyl sites for hydroxylation is 1. The van der Waals surface area contributed by atoms with E-state index in [4.69, 9.17) is 14.2 Å². The van der Waals surface area contributed by atoms with Crippen LogP contribution in [-0.4, -0.2) is 19.9 Å². The van der Waals surface area contributed by atoms with Gasteiger partial charge in [-0.25, -0.2) is 9.18 Å². The Morgan fingerprint density at radius 1 is 1.45 bits per heavy atom. The first kappa shape index (κ1) is 14.1. The highest BCUT2D eigenvalue weighted by atomic mass is 19.1. The molecule has 1 aliphatic carbocycles. The Hall–Kier alpha value is -2.30. The summed E-state index contributed by atoms with van der Waals surface area (Å²) < 4.78 is 28.7. The standard InChI is InChI=1S/C15H15FO4/c1-3-8-19-15(17)20-14-12-9-11(18-2)6-4-10(12)5-7-13(14)16/h3-4,6,9H,1,5,7-8H2,2H3. The molecule has 0 aliphatic heterocycles. The van der Waals surface area contributed by atoms with Gasteiger partial charge in [-0.1, -0.05) is 18.7 Å². The molecule has 0 radical (unpaired) electrons. The Balaban J connectivity index is 2.27. The van der Waals surface area contributed by atoms with Gasteiger partial charge in [0.05, 0.1) is 7.11 Å². The van der Waals surface area contributed by atoms with E-state index in [-0.39, 0.29) is 18.8 Å². The van der Waals surface area contributed by atoms with Gasteiger partial charge in [0, 0.05) is 12.0 Å². The van der Waals surface area contributed by atoms with Crippen molar-refractivity contribution in [3.05, 3.63) is 47.8 Å². The quantitative estimate of drug-likeness (QED) is 0.623. The van der Waals surface area contributed by atoms with Gasteiger partial charge in [-0.15, -0.1) is 0 Å². The predicted molar refractivity (Wildman–Crippen MR) is 72.0 cm³/mol. The van der Waals surface area contributed by atoms with Crippen LogP contribution in [0.25, 0.3) is 5.76 Å². The summed E-state index contributed by atoms with van der Waals surface area (Å²) in [7, 11) is 1.52. The first-order chi connectivity index (χ1) is 9.65. The summed E-state index contributed by atoms with van der Waals surface area (Å²) in [6.45, 7) is 3.43. The van der Waals surface area contributed by atoms with E-state index in [1.807, 2.05) is 6.07 Å². The average molecular weight is 278 g/mol. The topological polar surface area (TPSA) is 44.8 Å². The molecule has 0 fully saturated rings. The van der Waals surface area contributed by atoms with Crippen molar-refractivity contribution in [1.29, 1.82) is 0 Å². The van der Waals surface area contributed by atoms with Crippen LogP contribution in [0.1, 0.15) is 17.5 Å². The first-order valence-corrected chi connectivity index (χ1v) is 6.17. The fraction of sp³-hybridized carbons (Fsp3) is 0.267. The number of rotatable bonds is 4. The summed E-state index contributed by atoms with van der Waals surface area (Å²) in [6.07, 6.45) is 1.21. The van der Waals surface area contributed by atoms with Crippen molar-refractivity contribution in [2.45, 2.75) is 12.8 Å². The Morgan fingerprint density at radius 2 is 2.25 bits per heavy atom.